The van der Waals surface area contributed by atoms with Gasteiger partial charge in [-0.05, 0) is 17.9 Å². The topological polar surface area (TPSA) is 123 Å². The quantitative estimate of drug-likeness (QED) is 0.412. The van der Waals surface area contributed by atoms with Crippen molar-refractivity contribution in [2.75, 3.05) is 25.1 Å². The first-order valence-corrected chi connectivity index (χ1v) is 7.51. The Morgan fingerprint density at radius 2 is 2.42 bits per heavy atom. The van der Waals surface area contributed by atoms with E-state index in [-0.39, 0.29) is 43.5 Å². The Kier molecular flexibility index (Phi) is 5.78. The van der Waals surface area contributed by atoms with Crippen molar-refractivity contribution in [1.29, 1.82) is 0 Å². The van der Waals surface area contributed by atoms with Crippen LogP contribution in [0.3, 0.4) is 0 Å². The summed E-state index contributed by atoms with van der Waals surface area (Å²) in [4.78, 5) is 26.9. The average Bonchev–Trinajstić information content (AvgIpc) is 2.67. The molecule has 106 valence electrons. The number of likely N-dealkylation sites (tertiary alicyclic amines) is 1. The maximum absolute atomic E-state index is 11.8. The fourth-order valence-electron chi connectivity index (χ4n) is 2.07. The fourth-order valence-corrected chi connectivity index (χ4v) is 2.63. The molecule has 0 aromatic carbocycles. The maximum Gasteiger partial charge on any atom is 0.326 e. The number of carbonyl (C=O) groups excluding carboxylic acids is 1. The third-order valence-corrected chi connectivity index (χ3v) is 3.79. The van der Waals surface area contributed by atoms with Crippen molar-refractivity contribution in [2.45, 2.75) is 18.9 Å². The molecule has 9 heteroatoms. The minimum atomic E-state index is -1.10. The van der Waals surface area contributed by atoms with Gasteiger partial charge in [0.05, 0.1) is 0 Å². The molecule has 1 N–H and O–H groups in total. The first kappa shape index (κ1) is 15.5. The zero-order valence-corrected chi connectivity index (χ0v) is 11.4. The lowest BCUT2D eigenvalue weighted by molar-refractivity contribution is -0.148. The van der Waals surface area contributed by atoms with Crippen molar-refractivity contribution in [1.82, 2.24) is 4.90 Å². The monoisotopic (exact) mass is 288 g/mol. The van der Waals surface area contributed by atoms with Crippen molar-refractivity contribution in [3.05, 3.63) is 10.4 Å². The first-order chi connectivity index (χ1) is 8.95. The van der Waals surface area contributed by atoms with Gasteiger partial charge in [0.1, 0.15) is 6.04 Å². The second-order valence-electron chi connectivity index (χ2n) is 4.45. The second kappa shape index (κ2) is 7.10. The number of nitrogens with zero attached hydrogens (tertiary/aromatic N) is 4. The molecule has 0 spiro atoms. The molecule has 19 heavy (non-hydrogen) atoms. The van der Waals surface area contributed by atoms with Gasteiger partial charge in [-0.1, -0.05) is 5.11 Å². The minimum Gasteiger partial charge on any atom is -0.480 e. The molecule has 0 aliphatic carbocycles. The van der Waals surface area contributed by atoms with Crippen molar-refractivity contribution in [3.63, 3.8) is 0 Å². The lowest BCUT2D eigenvalue weighted by Gasteiger charge is -2.24. The van der Waals surface area contributed by atoms with Crippen molar-refractivity contribution in [3.8, 4) is 0 Å². The van der Waals surface area contributed by atoms with Gasteiger partial charge in [0.2, 0.25) is 5.91 Å². The number of carbonyl (C=O) groups is 2. The highest BCUT2D eigenvalue weighted by atomic mass is 32.2. The van der Waals surface area contributed by atoms with E-state index in [1.807, 2.05) is 0 Å². The van der Waals surface area contributed by atoms with Gasteiger partial charge < -0.3 is 10.0 Å². The van der Waals surface area contributed by atoms with Crippen LogP contribution in [0, 0.1) is 5.92 Å². The fraction of sp³-hybridized carbons (Fsp3) is 0.800. The van der Waals surface area contributed by atoms with Gasteiger partial charge in [-0.2, -0.15) is 0 Å². The summed E-state index contributed by atoms with van der Waals surface area (Å²) in [5, 5.41) is 12.6. The molecule has 1 heterocycles. The molecule has 1 fully saturated rings. The largest absolute Gasteiger partial charge is 0.480 e. The van der Waals surface area contributed by atoms with E-state index in [0.29, 0.717) is 0 Å². The molecule has 2 unspecified atom stereocenters. The van der Waals surface area contributed by atoms with E-state index in [2.05, 4.69) is 10.0 Å². The number of hydrogen-bond acceptors (Lipinski definition) is 4. The molecule has 1 amide bonds. The van der Waals surface area contributed by atoms with E-state index in [0.717, 1.165) is 0 Å². The number of carboxylic acids is 1. The maximum atomic E-state index is 11.8. The Morgan fingerprint density at radius 3 is 2.95 bits per heavy atom. The number of hydrogen-bond donors (Lipinski definition) is 1. The summed E-state index contributed by atoms with van der Waals surface area (Å²) in [6.45, 7) is 0.454. The van der Waals surface area contributed by atoms with Crippen molar-refractivity contribution in [2.24, 2.45) is 11.0 Å². The molecule has 1 aliphatic heterocycles. The van der Waals surface area contributed by atoms with Crippen LogP contribution < -0.4 is 0 Å². The Labute approximate surface area is 112 Å². The first-order valence-electron chi connectivity index (χ1n) is 5.78. The van der Waals surface area contributed by atoms with E-state index in [1.165, 1.54) is 11.2 Å². The van der Waals surface area contributed by atoms with E-state index >= 15 is 0 Å². The van der Waals surface area contributed by atoms with Crippen LogP contribution in [-0.4, -0.2) is 57.2 Å². The standard InChI is InChI=1S/C10H16N4O4S/c1-19(18)3-2-8(10(16)17)14-6-7(4-9(14)15)5-12-13-11/h7-8H,2-6H2,1H3,(H,16,17)/t7?,8-,19?/m0/s1. The summed E-state index contributed by atoms with van der Waals surface area (Å²) < 4.78 is 11.0. The zero-order valence-electron chi connectivity index (χ0n) is 10.6. The van der Waals surface area contributed by atoms with Gasteiger partial charge in [-0.25, -0.2) is 4.79 Å². The molecule has 0 aromatic rings. The summed E-state index contributed by atoms with van der Waals surface area (Å²) in [5.74, 6) is -1.25. The highest BCUT2D eigenvalue weighted by molar-refractivity contribution is 7.84. The lowest BCUT2D eigenvalue weighted by atomic mass is 10.1. The van der Waals surface area contributed by atoms with Gasteiger partial charge in [-0.15, -0.1) is 0 Å². The average molecular weight is 288 g/mol. The number of rotatable bonds is 7. The van der Waals surface area contributed by atoms with E-state index < -0.39 is 22.8 Å². The number of aliphatic carboxylic acids is 1. The molecule has 1 saturated heterocycles. The predicted molar refractivity (Wildman–Crippen MR) is 68.8 cm³/mol. The minimum absolute atomic E-state index is 0.141. The third-order valence-electron chi connectivity index (χ3n) is 2.98. The zero-order chi connectivity index (χ0) is 14.4. The van der Waals surface area contributed by atoms with E-state index in [9.17, 15) is 13.8 Å². The predicted octanol–water partition coefficient (Wildman–Crippen LogP) is 0.367. The molecule has 0 aromatic heterocycles. The summed E-state index contributed by atoms with van der Waals surface area (Å²) >= 11 is 0. The van der Waals surface area contributed by atoms with Crippen LogP contribution >= 0.6 is 0 Å². The van der Waals surface area contributed by atoms with Gasteiger partial charge >= 0.3 is 5.97 Å². The lowest BCUT2D eigenvalue weighted by Crippen LogP contribution is -2.43. The molecular formula is C10H16N4O4S. The number of azide groups is 1. The number of amides is 1. The van der Waals surface area contributed by atoms with E-state index in [4.69, 9.17) is 10.6 Å². The SMILES string of the molecule is CS(=O)CC[C@@H](C(=O)O)N1CC(CN=[N+]=[N-])CC1=O. The summed E-state index contributed by atoms with van der Waals surface area (Å²) in [7, 11) is -1.10. The normalized spacial score (nSPS) is 21.8. The third kappa shape index (κ3) is 4.53. The molecule has 3 atom stereocenters. The number of carboxylic acid groups (broad SMARTS) is 1. The highest BCUT2D eigenvalue weighted by Gasteiger charge is 2.37. The molecule has 0 bridgehead atoms. The molecule has 1 rings (SSSR count). The van der Waals surface area contributed by atoms with Crippen LogP contribution in [0.5, 0.6) is 0 Å². The molecular weight excluding hydrogens is 272 g/mol. The summed E-state index contributed by atoms with van der Waals surface area (Å²) in [5.41, 5.74) is 8.23. The smallest absolute Gasteiger partial charge is 0.326 e. The van der Waals surface area contributed by atoms with Crippen LogP contribution in [0.15, 0.2) is 5.11 Å². The van der Waals surface area contributed by atoms with Crippen molar-refractivity contribution >= 4 is 22.7 Å². The Hall–Kier alpha value is -1.60. The Bertz CT molecular complexity index is 435. The van der Waals surface area contributed by atoms with Gasteiger partial charge in [0, 0.05) is 47.2 Å². The van der Waals surface area contributed by atoms with Gasteiger partial charge in [0.15, 0.2) is 0 Å². The van der Waals surface area contributed by atoms with Crippen LogP contribution in [0.25, 0.3) is 10.4 Å². The molecule has 0 saturated carbocycles. The van der Waals surface area contributed by atoms with Crippen LogP contribution in [-0.2, 0) is 20.4 Å². The van der Waals surface area contributed by atoms with Crippen LogP contribution in [0.4, 0.5) is 0 Å². The van der Waals surface area contributed by atoms with Gasteiger partial charge in [-0.3, -0.25) is 9.00 Å². The molecule has 8 nitrogen and oxygen atoms in total. The van der Waals surface area contributed by atoms with Gasteiger partial charge in [0.25, 0.3) is 0 Å². The Morgan fingerprint density at radius 1 is 1.74 bits per heavy atom. The second-order valence-corrected chi connectivity index (χ2v) is 6.00. The highest BCUT2D eigenvalue weighted by Crippen LogP contribution is 2.22. The van der Waals surface area contributed by atoms with E-state index in [1.54, 1.807) is 0 Å². The summed E-state index contributed by atoms with van der Waals surface area (Å²) in [6.07, 6.45) is 1.85. The Balaban J connectivity index is 2.68. The van der Waals surface area contributed by atoms with Crippen LogP contribution in [0.2, 0.25) is 0 Å². The molecule has 1 aliphatic rings. The van der Waals surface area contributed by atoms with Crippen molar-refractivity contribution < 1.29 is 18.9 Å². The summed E-state index contributed by atoms with van der Waals surface area (Å²) in [6, 6.07) is -0.951. The van der Waals surface area contributed by atoms with Crippen LogP contribution in [0.1, 0.15) is 12.8 Å². The molecule has 0 radical (unpaired) electrons.